The monoisotopic (exact) mass is 515 g/mol. The molecule has 1 spiro atoms. The van der Waals surface area contributed by atoms with Gasteiger partial charge in [-0.2, -0.15) is 0 Å². The van der Waals surface area contributed by atoms with E-state index >= 15 is 0 Å². The quantitative estimate of drug-likeness (QED) is 0.226. The number of carbonyl (C=O) groups is 3. The lowest BCUT2D eigenvalue weighted by Crippen LogP contribution is -2.48. The Labute approximate surface area is 225 Å². The van der Waals surface area contributed by atoms with Gasteiger partial charge in [0, 0.05) is 33.3 Å². The van der Waals surface area contributed by atoms with Crippen molar-refractivity contribution >= 4 is 40.7 Å². The molecule has 3 atom stereocenters. The summed E-state index contributed by atoms with van der Waals surface area (Å²) in [6.45, 7) is 0. The first-order valence-electron chi connectivity index (χ1n) is 12.6. The summed E-state index contributed by atoms with van der Waals surface area (Å²) in [6.07, 6.45) is 3.91. The van der Waals surface area contributed by atoms with Crippen LogP contribution in [-0.4, -0.2) is 29.4 Å². The molecule has 4 aromatic rings. The normalized spacial score (nSPS) is 22.3. The first-order chi connectivity index (χ1) is 18.5. The van der Waals surface area contributed by atoms with E-state index in [0.29, 0.717) is 21.7 Å². The topological polar surface area (TPSA) is 54.5 Å². The van der Waals surface area contributed by atoms with Gasteiger partial charge in [-0.15, -0.1) is 0 Å². The number of para-hydroxylation sites is 1. The Balaban J connectivity index is 1.54. The molecule has 0 amide bonds. The predicted molar refractivity (Wildman–Crippen MR) is 148 cm³/mol. The summed E-state index contributed by atoms with van der Waals surface area (Å²) in [5.41, 5.74) is 2.41. The molecule has 2 aliphatic heterocycles. The molecule has 184 valence electrons. The van der Waals surface area contributed by atoms with E-state index in [1.54, 1.807) is 48.5 Å². The van der Waals surface area contributed by atoms with Crippen LogP contribution in [0.2, 0.25) is 5.02 Å². The minimum absolute atomic E-state index is 0.154. The molecular formula is C33H22ClNO3. The van der Waals surface area contributed by atoms with E-state index in [9.17, 15) is 14.4 Å². The van der Waals surface area contributed by atoms with Gasteiger partial charge in [0.2, 0.25) is 0 Å². The second-order valence-electron chi connectivity index (χ2n) is 10.0. The summed E-state index contributed by atoms with van der Waals surface area (Å²) in [5, 5.41) is 0.532. The largest absolute Gasteiger partial charge is 0.352 e. The van der Waals surface area contributed by atoms with Gasteiger partial charge < -0.3 is 4.90 Å². The van der Waals surface area contributed by atoms with Gasteiger partial charge in [-0.25, -0.2) is 0 Å². The zero-order chi connectivity index (χ0) is 26.0. The molecule has 1 fully saturated rings. The van der Waals surface area contributed by atoms with E-state index in [4.69, 9.17) is 11.6 Å². The maximum atomic E-state index is 14.5. The number of fused-ring (bicyclic) bond motifs is 5. The van der Waals surface area contributed by atoms with Crippen molar-refractivity contribution in [2.24, 2.45) is 5.41 Å². The Kier molecular flexibility index (Phi) is 5.04. The Hall–Kier alpha value is -4.28. The van der Waals surface area contributed by atoms with E-state index in [-0.39, 0.29) is 17.3 Å². The van der Waals surface area contributed by atoms with Gasteiger partial charge in [0.05, 0.1) is 6.04 Å². The first kappa shape index (κ1) is 22.9. The zero-order valence-corrected chi connectivity index (χ0v) is 21.0. The van der Waals surface area contributed by atoms with E-state index in [2.05, 4.69) is 0 Å². The third-order valence-corrected chi connectivity index (χ3v) is 8.52. The Bertz CT molecular complexity index is 1620. The zero-order valence-electron chi connectivity index (χ0n) is 20.3. The Morgan fingerprint density at radius 2 is 1.34 bits per heavy atom. The fourth-order valence-electron chi connectivity index (χ4n) is 6.74. The van der Waals surface area contributed by atoms with Crippen LogP contribution in [0, 0.1) is 5.41 Å². The minimum Gasteiger partial charge on any atom is -0.352 e. The number of Topliss-reactive ketones (excluding diaryl/α,β-unsaturated/α-hetero) is 3. The van der Waals surface area contributed by atoms with Crippen molar-refractivity contribution in [3.05, 3.63) is 142 Å². The average molecular weight is 516 g/mol. The van der Waals surface area contributed by atoms with E-state index in [1.807, 2.05) is 71.6 Å². The molecule has 0 radical (unpaired) electrons. The van der Waals surface area contributed by atoms with Gasteiger partial charge in [0.15, 0.2) is 17.3 Å². The number of rotatable bonds is 3. The number of hydrogen-bond acceptors (Lipinski definition) is 4. The van der Waals surface area contributed by atoms with Gasteiger partial charge in [-0.1, -0.05) is 96.5 Å². The summed E-state index contributed by atoms with van der Waals surface area (Å²) < 4.78 is 0. The summed E-state index contributed by atoms with van der Waals surface area (Å²) in [7, 11) is 0. The molecule has 38 heavy (non-hydrogen) atoms. The van der Waals surface area contributed by atoms with E-state index in [1.165, 1.54) is 0 Å². The Morgan fingerprint density at radius 3 is 2.03 bits per heavy atom. The van der Waals surface area contributed by atoms with Crippen molar-refractivity contribution in [2.75, 3.05) is 4.90 Å². The summed E-state index contributed by atoms with van der Waals surface area (Å²) in [4.78, 5) is 45.6. The van der Waals surface area contributed by atoms with Crippen molar-refractivity contribution in [3.8, 4) is 0 Å². The van der Waals surface area contributed by atoms with Crippen LogP contribution < -0.4 is 4.90 Å². The molecule has 0 aromatic heterocycles. The summed E-state index contributed by atoms with van der Waals surface area (Å²) >= 11 is 6.15. The van der Waals surface area contributed by atoms with Gasteiger partial charge >= 0.3 is 0 Å². The minimum atomic E-state index is -1.48. The van der Waals surface area contributed by atoms with Crippen LogP contribution in [0.1, 0.15) is 48.1 Å². The molecule has 4 aromatic carbocycles. The fourth-order valence-corrected chi connectivity index (χ4v) is 6.86. The van der Waals surface area contributed by atoms with Crippen LogP contribution in [0.25, 0.3) is 6.08 Å². The van der Waals surface area contributed by atoms with Crippen LogP contribution in [-0.2, 0) is 0 Å². The van der Waals surface area contributed by atoms with Crippen molar-refractivity contribution in [1.82, 2.24) is 0 Å². The molecule has 1 aliphatic carbocycles. The second kappa shape index (κ2) is 8.37. The molecule has 1 saturated heterocycles. The van der Waals surface area contributed by atoms with Gasteiger partial charge in [-0.3, -0.25) is 14.4 Å². The molecule has 0 bridgehead atoms. The smallest absolute Gasteiger partial charge is 0.185 e. The number of nitrogens with zero attached hydrogens (tertiary/aromatic N) is 1. The second-order valence-corrected chi connectivity index (χ2v) is 10.5. The number of halogens is 1. The van der Waals surface area contributed by atoms with E-state index in [0.717, 1.165) is 16.8 Å². The lowest BCUT2D eigenvalue weighted by molar-refractivity contribution is 0.0666. The van der Waals surface area contributed by atoms with Crippen molar-refractivity contribution in [3.63, 3.8) is 0 Å². The highest BCUT2D eigenvalue weighted by Crippen LogP contribution is 2.60. The highest BCUT2D eigenvalue weighted by Gasteiger charge is 2.71. The summed E-state index contributed by atoms with van der Waals surface area (Å²) in [6, 6.07) is 29.8. The van der Waals surface area contributed by atoms with E-state index < -0.39 is 23.4 Å². The lowest BCUT2D eigenvalue weighted by atomic mass is 9.64. The standard InChI is InChI=1S/C33H22ClNO3/c34-23-17-14-22(15-18-23)30(36)29-28(21-9-2-1-3-10-21)33(31(37)24-11-5-6-12-25(24)32(33)38)27-19-16-20-8-4-7-13-26(20)35(27)29/h1-19,27-29H/t27?,28-,29+/m1/s1. The lowest BCUT2D eigenvalue weighted by Gasteiger charge is -2.37. The van der Waals surface area contributed by atoms with Gasteiger partial charge in [0.25, 0.3) is 0 Å². The third-order valence-electron chi connectivity index (χ3n) is 8.27. The fraction of sp³-hybridized carbons (Fsp3) is 0.121. The number of anilines is 1. The Morgan fingerprint density at radius 1 is 0.737 bits per heavy atom. The maximum Gasteiger partial charge on any atom is 0.185 e. The van der Waals surface area contributed by atoms with Crippen LogP contribution in [0.3, 0.4) is 0 Å². The number of hydrogen-bond donors (Lipinski definition) is 0. The predicted octanol–water partition coefficient (Wildman–Crippen LogP) is 6.66. The third kappa shape index (κ3) is 2.95. The number of benzene rings is 4. The summed E-state index contributed by atoms with van der Waals surface area (Å²) in [5.74, 6) is -1.31. The average Bonchev–Trinajstić information content (AvgIpc) is 3.40. The molecule has 4 nitrogen and oxygen atoms in total. The van der Waals surface area contributed by atoms with Crippen molar-refractivity contribution in [2.45, 2.75) is 18.0 Å². The van der Waals surface area contributed by atoms with Crippen LogP contribution in [0.5, 0.6) is 0 Å². The molecule has 5 heteroatoms. The highest BCUT2D eigenvalue weighted by molar-refractivity contribution is 6.32. The highest BCUT2D eigenvalue weighted by atomic mass is 35.5. The van der Waals surface area contributed by atoms with Crippen LogP contribution in [0.15, 0.2) is 109 Å². The van der Waals surface area contributed by atoms with Gasteiger partial charge in [-0.05, 0) is 41.5 Å². The SMILES string of the molecule is O=C(c1ccc(Cl)cc1)[C@@H]1[C@@H](c2ccccc2)C2(C(=O)c3ccccc3C2=O)C2C=Cc3ccccc3N21. The molecule has 0 saturated carbocycles. The molecule has 2 heterocycles. The van der Waals surface area contributed by atoms with Gasteiger partial charge in [0.1, 0.15) is 11.5 Å². The van der Waals surface area contributed by atoms with Crippen LogP contribution in [0.4, 0.5) is 5.69 Å². The number of carbonyl (C=O) groups excluding carboxylic acids is 3. The maximum absolute atomic E-state index is 14.5. The van der Waals surface area contributed by atoms with Crippen molar-refractivity contribution in [1.29, 1.82) is 0 Å². The molecule has 3 aliphatic rings. The first-order valence-corrected chi connectivity index (χ1v) is 13.0. The van der Waals surface area contributed by atoms with Crippen LogP contribution >= 0.6 is 11.6 Å². The van der Waals surface area contributed by atoms with Crippen molar-refractivity contribution < 1.29 is 14.4 Å². The molecule has 1 unspecified atom stereocenters. The molecular weight excluding hydrogens is 494 g/mol. The molecule has 0 N–H and O–H groups in total. The number of ketones is 3. The molecule has 7 rings (SSSR count).